The molecule has 0 heterocycles. The van der Waals surface area contributed by atoms with Crippen LogP contribution in [-0.4, -0.2) is 70.3 Å². The summed E-state index contributed by atoms with van der Waals surface area (Å²) in [4.78, 5) is 8.31. The molecule has 0 saturated carbocycles. The molecule has 0 fully saturated rings. The first kappa shape index (κ1) is 22.2. The van der Waals surface area contributed by atoms with Crippen LogP contribution in [0.4, 0.5) is 13.2 Å². The largest absolute Gasteiger partial charge is 0.416 e. The number of hydrogen-bond donors (Lipinski definition) is 1. The summed E-state index contributed by atoms with van der Waals surface area (Å²) in [7, 11) is 7.28. The first-order chi connectivity index (χ1) is 12.3. The number of guanidine groups is 1. The Balaban J connectivity index is 2.43. The molecule has 0 amide bonds. The highest BCUT2D eigenvalue weighted by molar-refractivity contribution is 5.79. The summed E-state index contributed by atoms with van der Waals surface area (Å²) >= 11 is 0. The van der Waals surface area contributed by atoms with Crippen molar-refractivity contribution in [1.82, 2.24) is 15.1 Å². The molecule has 0 aliphatic carbocycles. The minimum atomic E-state index is -4.31. The summed E-state index contributed by atoms with van der Waals surface area (Å²) < 4.78 is 42.9. The predicted molar refractivity (Wildman–Crippen MR) is 98.3 cm³/mol. The molecule has 0 unspecified atom stereocenters. The van der Waals surface area contributed by atoms with Crippen LogP contribution in [0.2, 0.25) is 0 Å². The Morgan fingerprint density at radius 2 is 1.81 bits per heavy atom. The second-order valence-corrected chi connectivity index (χ2v) is 6.17. The molecule has 1 aromatic rings. The molecule has 0 aliphatic rings. The Kier molecular flexibility index (Phi) is 9.43. The van der Waals surface area contributed by atoms with E-state index >= 15 is 0 Å². The van der Waals surface area contributed by atoms with Crippen LogP contribution in [0.25, 0.3) is 0 Å². The lowest BCUT2D eigenvalue weighted by Gasteiger charge is -2.23. The number of benzene rings is 1. The van der Waals surface area contributed by atoms with Gasteiger partial charge in [0, 0.05) is 40.8 Å². The summed E-state index contributed by atoms with van der Waals surface area (Å²) in [6.07, 6.45) is -3.36. The summed E-state index contributed by atoms with van der Waals surface area (Å²) in [6, 6.07) is 5.21. The summed E-state index contributed by atoms with van der Waals surface area (Å²) in [5, 5.41) is 3.27. The third kappa shape index (κ3) is 8.05. The number of nitrogens with one attached hydrogen (secondary N) is 1. The van der Waals surface area contributed by atoms with Crippen LogP contribution in [0.3, 0.4) is 0 Å². The molecule has 26 heavy (non-hydrogen) atoms. The first-order valence-corrected chi connectivity index (χ1v) is 8.53. The van der Waals surface area contributed by atoms with E-state index < -0.39 is 11.7 Å². The molecule has 0 spiro atoms. The number of halogens is 3. The zero-order valence-electron chi connectivity index (χ0n) is 15.9. The van der Waals surface area contributed by atoms with Crippen LogP contribution in [0.1, 0.15) is 17.5 Å². The van der Waals surface area contributed by atoms with E-state index in [1.807, 2.05) is 19.0 Å². The number of likely N-dealkylation sites (N-methyl/N-ethyl adjacent to an activating group) is 1. The van der Waals surface area contributed by atoms with Crippen LogP contribution in [0.15, 0.2) is 29.3 Å². The summed E-state index contributed by atoms with van der Waals surface area (Å²) in [6.45, 7) is 3.78. The van der Waals surface area contributed by atoms with Gasteiger partial charge in [0.2, 0.25) is 0 Å². The molecule has 0 aromatic heterocycles. The number of methoxy groups -OCH3 is 1. The molecular formula is C18H29F3N4O. The van der Waals surface area contributed by atoms with Crippen molar-refractivity contribution >= 4 is 5.96 Å². The van der Waals surface area contributed by atoms with Crippen LogP contribution >= 0.6 is 0 Å². The number of hydrogen-bond acceptors (Lipinski definition) is 3. The molecule has 1 aromatic carbocycles. The van der Waals surface area contributed by atoms with Gasteiger partial charge in [-0.3, -0.25) is 4.99 Å². The molecule has 1 N–H and O–H groups in total. The molecule has 0 aliphatic heterocycles. The van der Waals surface area contributed by atoms with Crippen molar-refractivity contribution in [1.29, 1.82) is 0 Å². The molecule has 5 nitrogen and oxygen atoms in total. The minimum absolute atomic E-state index is 0.478. The molecule has 0 atom stereocenters. The molecule has 148 valence electrons. The highest BCUT2D eigenvalue weighted by atomic mass is 19.4. The fourth-order valence-electron chi connectivity index (χ4n) is 2.44. The van der Waals surface area contributed by atoms with Gasteiger partial charge in [-0.15, -0.1) is 0 Å². The fourth-order valence-corrected chi connectivity index (χ4v) is 2.44. The summed E-state index contributed by atoms with van der Waals surface area (Å²) in [5.74, 6) is 0.712. The van der Waals surface area contributed by atoms with E-state index in [-0.39, 0.29) is 0 Å². The Labute approximate surface area is 153 Å². The van der Waals surface area contributed by atoms with E-state index in [1.54, 1.807) is 14.2 Å². The Morgan fingerprint density at radius 1 is 1.15 bits per heavy atom. The van der Waals surface area contributed by atoms with Gasteiger partial charge in [0.05, 0.1) is 12.2 Å². The molecule has 8 heteroatoms. The quantitative estimate of drug-likeness (QED) is 0.410. The van der Waals surface area contributed by atoms with Gasteiger partial charge in [-0.25, -0.2) is 0 Å². The van der Waals surface area contributed by atoms with Gasteiger partial charge < -0.3 is 19.9 Å². The number of rotatable bonds is 9. The second-order valence-electron chi connectivity index (χ2n) is 6.17. The van der Waals surface area contributed by atoms with Gasteiger partial charge in [-0.1, -0.05) is 12.1 Å². The number of nitrogens with zero attached hydrogens (tertiary/aromatic N) is 3. The second kappa shape index (κ2) is 11.0. The maximum Gasteiger partial charge on any atom is 0.416 e. The fraction of sp³-hybridized carbons (Fsp3) is 0.611. The minimum Gasteiger partial charge on any atom is -0.383 e. The number of ether oxygens (including phenoxy) is 1. The molecule has 0 saturated heterocycles. The van der Waals surface area contributed by atoms with Crippen LogP contribution in [0.5, 0.6) is 0 Å². The van der Waals surface area contributed by atoms with Gasteiger partial charge in [-0.05, 0) is 37.7 Å². The van der Waals surface area contributed by atoms with Crippen LogP contribution in [-0.2, 0) is 17.5 Å². The van der Waals surface area contributed by atoms with Crippen LogP contribution in [0, 0.1) is 0 Å². The molecule has 1 rings (SSSR count). The maximum absolute atomic E-state index is 12.6. The highest BCUT2D eigenvalue weighted by Crippen LogP contribution is 2.29. The lowest BCUT2D eigenvalue weighted by atomic mass is 10.1. The van der Waals surface area contributed by atoms with Gasteiger partial charge >= 0.3 is 6.18 Å². The smallest absolute Gasteiger partial charge is 0.383 e. The molecule has 0 bridgehead atoms. The third-order valence-corrected chi connectivity index (χ3v) is 3.95. The average molecular weight is 374 g/mol. The van der Waals surface area contributed by atoms with Crippen molar-refractivity contribution in [2.75, 3.05) is 54.5 Å². The van der Waals surface area contributed by atoms with Crippen molar-refractivity contribution in [2.24, 2.45) is 4.99 Å². The Bertz CT molecular complexity index is 546. The van der Waals surface area contributed by atoms with Gasteiger partial charge in [0.1, 0.15) is 0 Å². The Hall–Kier alpha value is -1.80. The monoisotopic (exact) mass is 374 g/mol. The topological polar surface area (TPSA) is 40.1 Å². The first-order valence-electron chi connectivity index (χ1n) is 8.53. The van der Waals surface area contributed by atoms with E-state index in [0.717, 1.165) is 43.8 Å². The van der Waals surface area contributed by atoms with E-state index in [0.29, 0.717) is 19.1 Å². The SMILES string of the molecule is CN=C(NCCCN(C)CCOC)N(C)Cc1ccc(C(F)(F)F)cc1. The third-order valence-electron chi connectivity index (χ3n) is 3.95. The van der Waals surface area contributed by atoms with Crippen molar-refractivity contribution in [3.05, 3.63) is 35.4 Å². The lowest BCUT2D eigenvalue weighted by Crippen LogP contribution is -2.39. The number of alkyl halides is 3. The van der Waals surface area contributed by atoms with Gasteiger partial charge in [0.15, 0.2) is 5.96 Å². The van der Waals surface area contributed by atoms with E-state index in [1.165, 1.54) is 12.1 Å². The van der Waals surface area contributed by atoms with E-state index in [2.05, 4.69) is 15.2 Å². The molecule has 0 radical (unpaired) electrons. The van der Waals surface area contributed by atoms with Crippen molar-refractivity contribution in [3.63, 3.8) is 0 Å². The van der Waals surface area contributed by atoms with Gasteiger partial charge in [-0.2, -0.15) is 13.2 Å². The average Bonchev–Trinajstić information content (AvgIpc) is 2.59. The standard InChI is InChI=1S/C18H29F3N4O/c1-22-17(23-10-5-11-24(2)12-13-26-4)25(3)14-15-6-8-16(9-7-15)18(19,20)21/h6-9H,5,10-14H2,1-4H3,(H,22,23). The lowest BCUT2D eigenvalue weighted by molar-refractivity contribution is -0.137. The van der Waals surface area contributed by atoms with Crippen molar-refractivity contribution in [3.8, 4) is 0 Å². The zero-order valence-corrected chi connectivity index (χ0v) is 15.9. The van der Waals surface area contributed by atoms with Crippen molar-refractivity contribution < 1.29 is 17.9 Å². The normalized spacial score (nSPS) is 12.5. The van der Waals surface area contributed by atoms with E-state index in [9.17, 15) is 13.2 Å². The predicted octanol–water partition coefficient (Wildman–Crippen LogP) is 2.68. The highest BCUT2D eigenvalue weighted by Gasteiger charge is 2.29. The van der Waals surface area contributed by atoms with Crippen LogP contribution < -0.4 is 5.32 Å². The Morgan fingerprint density at radius 3 is 2.35 bits per heavy atom. The van der Waals surface area contributed by atoms with Crippen molar-refractivity contribution in [2.45, 2.75) is 19.1 Å². The zero-order chi connectivity index (χ0) is 19.6. The van der Waals surface area contributed by atoms with Gasteiger partial charge in [0.25, 0.3) is 0 Å². The van der Waals surface area contributed by atoms with E-state index in [4.69, 9.17) is 4.74 Å². The maximum atomic E-state index is 12.6. The molecular weight excluding hydrogens is 345 g/mol. The summed E-state index contributed by atoms with van der Waals surface area (Å²) in [5.41, 5.74) is 0.159. The number of aliphatic imine (C=N–C) groups is 1.